The van der Waals surface area contributed by atoms with Crippen LogP contribution in [0, 0.1) is 0 Å². The predicted molar refractivity (Wildman–Crippen MR) is 468 cm³/mol. The van der Waals surface area contributed by atoms with Gasteiger partial charge in [-0.15, -0.1) is 0 Å². The molecule has 0 aliphatic carbocycles. The molecule has 0 aliphatic rings. The number of hydrogen-bond donors (Lipinski definition) is 0. The summed E-state index contributed by atoms with van der Waals surface area (Å²) in [5, 5.41) is 21.3. The Morgan fingerprint density at radius 1 is 0.110 bits per heavy atom. The third-order valence-corrected chi connectivity index (χ3v) is 25.2. The average Bonchev–Trinajstić information content (AvgIpc) is 0.705. The van der Waals surface area contributed by atoms with Gasteiger partial charge in [-0.1, -0.05) is 382 Å². The quantitative estimate of drug-likeness (QED) is 0.107. The Morgan fingerprint density at radius 3 is 0.404 bits per heavy atom. The summed E-state index contributed by atoms with van der Waals surface area (Å²) in [6, 6.07) is 160. The summed E-state index contributed by atoms with van der Waals surface area (Å²) in [5.74, 6) is 0. The van der Waals surface area contributed by atoms with Crippen molar-refractivity contribution >= 4 is 108 Å². The molecule has 0 saturated carbocycles. The molecule has 0 heterocycles. The van der Waals surface area contributed by atoms with Crippen molar-refractivity contribution in [2.24, 2.45) is 0 Å². The molecule has 0 bridgehead atoms. The fourth-order valence-corrected chi connectivity index (χ4v) is 20.7. The molecule has 109 heavy (non-hydrogen) atoms. The maximum atomic E-state index is 2.60. The summed E-state index contributed by atoms with van der Waals surface area (Å²) >= 11 is 0. The third kappa shape index (κ3) is 10.9. The highest BCUT2D eigenvalue weighted by Crippen LogP contribution is 2.59. The lowest BCUT2D eigenvalue weighted by Crippen LogP contribution is -2.15. The van der Waals surface area contributed by atoms with E-state index in [0.29, 0.717) is 0 Å². The van der Waals surface area contributed by atoms with Crippen LogP contribution in [0.15, 0.2) is 433 Å². The van der Waals surface area contributed by atoms with Gasteiger partial charge in [-0.2, -0.15) is 0 Å². The molecule has 0 atom stereocenters. The SMILES string of the molecule is c1ccc2c(-c3cc(-c4cccc5ccccc45)c([S+](c4c(-c5cccc6ccccc56)cc(-c5cccc6ccccc56)cc4-c4cccc5ccccc45)c4c(-c5cccc6ccccc56)cc(-c5cccc6ccccc56)cc4-c4cccc5ccccc45)c(-c4cccc5ccccc45)c3)cccc2c1. The van der Waals surface area contributed by atoms with E-state index in [1.165, 1.54) is 128 Å². The second-order valence-electron chi connectivity index (χ2n) is 28.7. The van der Waals surface area contributed by atoms with Crippen LogP contribution in [0.4, 0.5) is 0 Å². The lowest BCUT2D eigenvalue weighted by atomic mass is 9.88. The monoisotopic (exact) mass is 1400 g/mol. The lowest BCUT2D eigenvalue weighted by molar-refractivity contribution is 1.32. The molecule has 21 aromatic carbocycles. The Hall–Kier alpha value is -13.7. The maximum Gasteiger partial charge on any atom is 0.182 e. The van der Waals surface area contributed by atoms with Crippen LogP contribution in [-0.4, -0.2) is 0 Å². The van der Waals surface area contributed by atoms with E-state index in [0.717, 1.165) is 83.5 Å². The minimum absolute atomic E-state index is 1.14. The number of rotatable bonds is 12. The molecule has 0 amide bonds. The molecule has 0 fully saturated rings. The molecule has 0 aliphatic heterocycles. The topological polar surface area (TPSA) is 0 Å². The number of fused-ring (bicyclic) bond motifs is 9. The first kappa shape index (κ1) is 63.8. The maximum absolute atomic E-state index is 2.60. The van der Waals surface area contributed by atoms with Gasteiger partial charge in [0.15, 0.2) is 14.7 Å². The predicted octanol–water partition coefficient (Wildman–Crippen LogP) is 30.2. The third-order valence-electron chi connectivity index (χ3n) is 22.7. The molecule has 0 unspecified atom stereocenters. The summed E-state index contributed by atoms with van der Waals surface area (Å²) in [5.41, 5.74) is 20.8. The van der Waals surface area contributed by atoms with Gasteiger partial charge < -0.3 is 0 Å². The first-order valence-corrected chi connectivity index (χ1v) is 38.9. The first-order valence-electron chi connectivity index (χ1n) is 37.7. The van der Waals surface area contributed by atoms with Crippen LogP contribution in [0.1, 0.15) is 0 Å². The molecule has 0 nitrogen and oxygen atoms in total. The summed E-state index contributed by atoms with van der Waals surface area (Å²) in [4.78, 5) is 3.66. The van der Waals surface area contributed by atoms with E-state index in [4.69, 9.17) is 0 Å². The van der Waals surface area contributed by atoms with Crippen molar-refractivity contribution in [2.75, 3.05) is 0 Å². The fourth-order valence-electron chi connectivity index (χ4n) is 17.7. The van der Waals surface area contributed by atoms with Crippen LogP contribution in [0.3, 0.4) is 0 Å². The van der Waals surface area contributed by atoms with E-state index >= 15 is 0 Å². The second kappa shape index (κ2) is 26.7. The highest BCUT2D eigenvalue weighted by molar-refractivity contribution is 7.97. The molecule has 506 valence electrons. The lowest BCUT2D eigenvalue weighted by Gasteiger charge is -2.27. The highest BCUT2D eigenvalue weighted by Gasteiger charge is 2.45. The Balaban J connectivity index is 1.08. The summed E-state index contributed by atoms with van der Waals surface area (Å²) < 4.78 is 0. The van der Waals surface area contributed by atoms with Gasteiger partial charge in [-0.3, -0.25) is 0 Å². The van der Waals surface area contributed by atoms with Crippen molar-refractivity contribution in [3.63, 3.8) is 0 Å². The Bertz CT molecular complexity index is 6220. The molecule has 0 spiro atoms. The van der Waals surface area contributed by atoms with Crippen LogP contribution >= 0.6 is 0 Å². The molecule has 21 rings (SSSR count). The van der Waals surface area contributed by atoms with Gasteiger partial charge >= 0.3 is 0 Å². The van der Waals surface area contributed by atoms with Gasteiger partial charge in [-0.25, -0.2) is 0 Å². The number of benzene rings is 21. The van der Waals surface area contributed by atoms with Crippen LogP contribution < -0.4 is 0 Å². The van der Waals surface area contributed by atoms with Crippen molar-refractivity contribution in [2.45, 2.75) is 14.7 Å². The minimum Gasteiger partial charge on any atom is -0.0616 e. The molecule has 0 saturated heterocycles. The molecular formula is C108H69S+. The van der Waals surface area contributed by atoms with Crippen LogP contribution in [-0.2, 0) is 10.9 Å². The van der Waals surface area contributed by atoms with Crippen molar-refractivity contribution in [1.29, 1.82) is 0 Å². The Labute approximate surface area is 636 Å². The zero-order chi connectivity index (χ0) is 71.9. The molecule has 0 N–H and O–H groups in total. The van der Waals surface area contributed by atoms with Gasteiger partial charge in [0, 0.05) is 33.4 Å². The molecule has 0 aromatic heterocycles. The Kier molecular flexibility index (Phi) is 15.6. The van der Waals surface area contributed by atoms with Crippen LogP contribution in [0.2, 0.25) is 0 Å². The molecule has 1 heteroatoms. The number of hydrogen-bond acceptors (Lipinski definition) is 0. The van der Waals surface area contributed by atoms with E-state index in [2.05, 4.69) is 419 Å². The van der Waals surface area contributed by atoms with Crippen LogP contribution in [0.25, 0.3) is 197 Å². The van der Waals surface area contributed by atoms with Gasteiger partial charge in [0.1, 0.15) is 10.9 Å². The van der Waals surface area contributed by atoms with Crippen molar-refractivity contribution < 1.29 is 0 Å². The summed E-state index contributed by atoms with van der Waals surface area (Å²) in [7, 11) is -1.22. The zero-order valence-corrected chi connectivity index (χ0v) is 60.6. The van der Waals surface area contributed by atoms with Crippen molar-refractivity contribution in [1.82, 2.24) is 0 Å². The van der Waals surface area contributed by atoms with Gasteiger partial charge in [0.05, 0.1) is 0 Å². The fraction of sp³-hybridized carbons (Fsp3) is 0. The van der Waals surface area contributed by atoms with Gasteiger partial charge in [-0.05, 0) is 200 Å². The van der Waals surface area contributed by atoms with E-state index in [-0.39, 0.29) is 0 Å². The van der Waals surface area contributed by atoms with Gasteiger partial charge in [0.25, 0.3) is 0 Å². The standard InChI is InChI=1S/C108H69S/c1-10-46-82-70(28-1)37-19-55-91(82)79-64-100(94-58-22-40-73-31-4-13-49-85(73)94)106(101(65-79)95-59-23-41-74-32-5-14-50-86(74)95)109(107-102(96-60-24-42-75-33-6-15-51-87(75)96)66-80(92-56-20-38-71-29-2-11-47-83(71)92)67-103(107)97-61-25-43-76-34-7-16-52-88(76)97)108-104(98-62-26-44-77-35-8-17-53-89(77)98)68-81(93-57-21-39-72-30-3-12-48-84(72)93)69-105(108)99-63-27-45-78-36-9-18-54-90(78)99/h1-69H/q+1. The largest absolute Gasteiger partial charge is 0.182 e. The molecular weight excluding hydrogens is 1330 g/mol. The summed E-state index contributed by atoms with van der Waals surface area (Å²) in [6.07, 6.45) is 0. The average molecular weight is 1400 g/mol. The van der Waals surface area contributed by atoms with E-state index in [9.17, 15) is 0 Å². The second-order valence-corrected chi connectivity index (χ2v) is 30.6. The summed E-state index contributed by atoms with van der Waals surface area (Å²) in [6.45, 7) is 0. The van der Waals surface area contributed by atoms with Crippen LogP contribution in [0.5, 0.6) is 0 Å². The smallest absolute Gasteiger partial charge is 0.0616 e. The van der Waals surface area contributed by atoms with E-state index in [1.54, 1.807) is 0 Å². The van der Waals surface area contributed by atoms with Crippen molar-refractivity contribution in [3.8, 4) is 100 Å². The normalized spacial score (nSPS) is 11.8. The molecule has 0 radical (unpaired) electrons. The zero-order valence-electron chi connectivity index (χ0n) is 59.7. The Morgan fingerprint density at radius 2 is 0.239 bits per heavy atom. The molecule has 21 aromatic rings. The van der Waals surface area contributed by atoms with Gasteiger partial charge in [0.2, 0.25) is 0 Å². The van der Waals surface area contributed by atoms with E-state index in [1.807, 2.05) is 0 Å². The van der Waals surface area contributed by atoms with Crippen molar-refractivity contribution in [3.05, 3.63) is 419 Å². The minimum atomic E-state index is -1.22. The highest BCUT2D eigenvalue weighted by atomic mass is 32.2. The van der Waals surface area contributed by atoms with E-state index < -0.39 is 10.9 Å². The first-order chi connectivity index (χ1) is 54.1.